The first-order valence-electron chi connectivity index (χ1n) is 9.31. The zero-order chi connectivity index (χ0) is 17.1. The van der Waals surface area contributed by atoms with Crippen LogP contribution in [0.1, 0.15) is 99.6 Å². The van der Waals surface area contributed by atoms with Crippen molar-refractivity contribution in [3.05, 3.63) is 33.4 Å². The van der Waals surface area contributed by atoms with Crippen molar-refractivity contribution in [3.8, 4) is 0 Å². The van der Waals surface area contributed by atoms with Gasteiger partial charge >= 0.3 is 0 Å². The maximum Gasteiger partial charge on any atom is -0.0156 e. The zero-order valence-electron chi connectivity index (χ0n) is 16.6. The second-order valence-electron chi connectivity index (χ2n) is 8.08. The molecule has 1 aliphatic carbocycles. The minimum atomic E-state index is 0.427. The van der Waals surface area contributed by atoms with E-state index >= 15 is 0 Å². The molecule has 1 aromatic rings. The summed E-state index contributed by atoms with van der Waals surface area (Å²) >= 11 is 0. The maximum absolute atomic E-state index is 2.36. The molecule has 0 atom stereocenters. The highest BCUT2D eigenvalue weighted by Crippen LogP contribution is 2.43. The third-order valence-electron chi connectivity index (χ3n) is 5.51. The lowest BCUT2D eigenvalue weighted by Gasteiger charge is -2.33. The molecule has 1 aliphatic rings. The van der Waals surface area contributed by atoms with Gasteiger partial charge in [-0.25, -0.2) is 0 Å². The summed E-state index contributed by atoms with van der Waals surface area (Å²) in [6.45, 7) is 20.4. The number of hydrogen-bond donors (Lipinski definition) is 0. The molecule has 1 fully saturated rings. The Morgan fingerprint density at radius 1 is 0.818 bits per heavy atom. The Bertz CT molecular complexity index is 496. The van der Waals surface area contributed by atoms with Gasteiger partial charge in [0.25, 0.3) is 0 Å². The molecule has 22 heavy (non-hydrogen) atoms. The van der Waals surface area contributed by atoms with Crippen molar-refractivity contribution >= 4 is 0 Å². The minimum absolute atomic E-state index is 0.427. The molecule has 0 amide bonds. The first-order chi connectivity index (χ1) is 10.2. The lowest BCUT2D eigenvalue weighted by Crippen LogP contribution is -2.17. The van der Waals surface area contributed by atoms with Crippen LogP contribution in [0.3, 0.4) is 0 Å². The second-order valence-corrected chi connectivity index (χ2v) is 8.08. The van der Waals surface area contributed by atoms with Gasteiger partial charge in [0.15, 0.2) is 0 Å². The molecule has 0 heteroatoms. The maximum atomic E-state index is 2.36. The third-order valence-corrected chi connectivity index (χ3v) is 5.51. The third kappa shape index (κ3) is 4.15. The van der Waals surface area contributed by atoms with Gasteiger partial charge in [-0.1, -0.05) is 41.0 Å². The largest absolute Gasteiger partial charge is 0.0683 e. The predicted octanol–water partition coefficient (Wildman–Crippen LogP) is 7.19. The quantitative estimate of drug-likeness (QED) is 0.554. The molecular weight excluding hydrogens is 264 g/mol. The fourth-order valence-corrected chi connectivity index (χ4v) is 3.49. The summed E-state index contributed by atoms with van der Waals surface area (Å²) in [6.07, 6.45) is 6.78. The van der Waals surface area contributed by atoms with Gasteiger partial charge in [-0.05, 0) is 98.1 Å². The van der Waals surface area contributed by atoms with Crippen molar-refractivity contribution < 1.29 is 0 Å². The standard InChI is InChI=1S/C20H32.C2H6/c1-13-14(2)16(4)19(17-9-8-10-17)18(15(13)3)11-12-20(5,6)7;1-2/h17H,8-12H2,1-7H3;1-2H3. The van der Waals surface area contributed by atoms with Gasteiger partial charge in [0.2, 0.25) is 0 Å². The normalized spacial score (nSPS) is 15.1. The summed E-state index contributed by atoms with van der Waals surface area (Å²) in [6, 6.07) is 0. The van der Waals surface area contributed by atoms with E-state index in [9.17, 15) is 0 Å². The van der Waals surface area contributed by atoms with E-state index in [0.29, 0.717) is 5.41 Å². The van der Waals surface area contributed by atoms with Crippen LogP contribution in [-0.4, -0.2) is 0 Å². The van der Waals surface area contributed by atoms with E-state index in [2.05, 4.69) is 48.5 Å². The van der Waals surface area contributed by atoms with E-state index < -0.39 is 0 Å². The Labute approximate surface area is 139 Å². The molecule has 0 spiro atoms. The van der Waals surface area contributed by atoms with Crippen molar-refractivity contribution in [1.82, 2.24) is 0 Å². The van der Waals surface area contributed by atoms with Crippen molar-refractivity contribution in [2.24, 2.45) is 5.41 Å². The van der Waals surface area contributed by atoms with E-state index in [1.54, 1.807) is 22.3 Å². The zero-order valence-corrected chi connectivity index (χ0v) is 16.6. The highest BCUT2D eigenvalue weighted by molar-refractivity contribution is 5.52. The van der Waals surface area contributed by atoms with Crippen molar-refractivity contribution in [1.29, 1.82) is 0 Å². The van der Waals surface area contributed by atoms with Crippen molar-refractivity contribution in [2.45, 2.75) is 100 Å². The Kier molecular flexibility index (Phi) is 6.71. The number of rotatable bonds is 3. The van der Waals surface area contributed by atoms with Crippen LogP contribution in [0.4, 0.5) is 0 Å². The molecule has 0 radical (unpaired) electrons. The molecule has 0 N–H and O–H groups in total. The minimum Gasteiger partial charge on any atom is -0.0683 e. The lowest BCUT2D eigenvalue weighted by molar-refractivity contribution is 0.373. The van der Waals surface area contributed by atoms with Gasteiger partial charge < -0.3 is 0 Å². The van der Waals surface area contributed by atoms with E-state index in [-0.39, 0.29) is 0 Å². The Morgan fingerprint density at radius 3 is 1.73 bits per heavy atom. The van der Waals surface area contributed by atoms with E-state index in [0.717, 1.165) is 5.92 Å². The number of benzene rings is 1. The molecule has 1 saturated carbocycles. The Morgan fingerprint density at radius 2 is 1.32 bits per heavy atom. The first kappa shape index (κ1) is 19.3. The van der Waals surface area contributed by atoms with E-state index in [1.165, 1.54) is 43.2 Å². The lowest BCUT2D eigenvalue weighted by atomic mass is 9.72. The summed E-state index contributed by atoms with van der Waals surface area (Å²) in [7, 11) is 0. The average Bonchev–Trinajstić information content (AvgIpc) is 2.41. The molecule has 0 heterocycles. The predicted molar refractivity (Wildman–Crippen MR) is 101 cm³/mol. The summed E-state index contributed by atoms with van der Waals surface area (Å²) < 4.78 is 0. The fourth-order valence-electron chi connectivity index (χ4n) is 3.49. The summed E-state index contributed by atoms with van der Waals surface area (Å²) in [5, 5.41) is 0. The van der Waals surface area contributed by atoms with Crippen LogP contribution in [0.5, 0.6) is 0 Å². The Hall–Kier alpha value is -0.780. The van der Waals surface area contributed by atoms with E-state index in [1.807, 2.05) is 13.8 Å². The Balaban J connectivity index is 0.00000116. The van der Waals surface area contributed by atoms with Crippen LogP contribution in [0.15, 0.2) is 0 Å². The molecular formula is C22H38. The topological polar surface area (TPSA) is 0 Å². The highest BCUT2D eigenvalue weighted by Gasteiger charge is 2.27. The molecule has 1 aromatic carbocycles. The average molecular weight is 303 g/mol. The molecule has 0 nitrogen and oxygen atoms in total. The summed E-state index contributed by atoms with van der Waals surface area (Å²) in [4.78, 5) is 0. The van der Waals surface area contributed by atoms with Gasteiger partial charge in [-0.3, -0.25) is 0 Å². The van der Waals surface area contributed by atoms with Crippen molar-refractivity contribution in [3.63, 3.8) is 0 Å². The first-order valence-corrected chi connectivity index (χ1v) is 9.31. The molecule has 0 aliphatic heterocycles. The molecule has 0 aromatic heterocycles. The molecule has 2 rings (SSSR count). The monoisotopic (exact) mass is 302 g/mol. The van der Waals surface area contributed by atoms with Crippen LogP contribution >= 0.6 is 0 Å². The van der Waals surface area contributed by atoms with Gasteiger partial charge in [0, 0.05) is 0 Å². The van der Waals surface area contributed by atoms with Crippen LogP contribution in [-0.2, 0) is 6.42 Å². The van der Waals surface area contributed by atoms with Gasteiger partial charge in [-0.15, -0.1) is 0 Å². The molecule has 0 saturated heterocycles. The van der Waals surface area contributed by atoms with Gasteiger partial charge in [0.1, 0.15) is 0 Å². The molecule has 0 bridgehead atoms. The molecule has 0 unspecified atom stereocenters. The van der Waals surface area contributed by atoms with Crippen LogP contribution in [0.25, 0.3) is 0 Å². The van der Waals surface area contributed by atoms with Gasteiger partial charge in [-0.2, -0.15) is 0 Å². The number of hydrogen-bond acceptors (Lipinski definition) is 0. The molecule has 126 valence electrons. The van der Waals surface area contributed by atoms with Crippen LogP contribution < -0.4 is 0 Å². The van der Waals surface area contributed by atoms with Gasteiger partial charge in [0.05, 0.1) is 0 Å². The fraction of sp³-hybridized carbons (Fsp3) is 0.727. The smallest absolute Gasteiger partial charge is 0.0156 e. The van der Waals surface area contributed by atoms with E-state index in [4.69, 9.17) is 0 Å². The van der Waals surface area contributed by atoms with Crippen LogP contribution in [0.2, 0.25) is 0 Å². The van der Waals surface area contributed by atoms with Crippen molar-refractivity contribution in [2.75, 3.05) is 0 Å². The summed E-state index contributed by atoms with van der Waals surface area (Å²) in [5.74, 6) is 0.850. The SMILES string of the molecule is CC.Cc1c(C)c(C)c(C2CCC2)c(CCC(C)(C)C)c1C. The second kappa shape index (κ2) is 7.66. The highest BCUT2D eigenvalue weighted by atomic mass is 14.3. The van der Waals surface area contributed by atoms with Crippen LogP contribution in [0, 0.1) is 33.1 Å². The summed E-state index contributed by atoms with van der Waals surface area (Å²) in [5.41, 5.74) is 10.0.